The molecule has 0 aromatic rings. The summed E-state index contributed by atoms with van der Waals surface area (Å²) in [5.74, 6) is -1.39. The maximum Gasteiger partial charge on any atom is 0.266 e. The monoisotopic (exact) mass is 384 g/mol. The zero-order valence-electron chi connectivity index (χ0n) is 16.7. The number of fused-ring (bicyclic) bond motifs is 2. The molecule has 152 valence electrons. The van der Waals surface area contributed by atoms with Crippen LogP contribution in [0.2, 0.25) is 0 Å². The zero-order chi connectivity index (χ0) is 19.6. The van der Waals surface area contributed by atoms with Crippen molar-refractivity contribution in [2.24, 2.45) is 5.10 Å². The Balaban J connectivity index is 1.73. The summed E-state index contributed by atoms with van der Waals surface area (Å²) < 4.78 is 36.3. The second-order valence-electron chi connectivity index (χ2n) is 8.28. The van der Waals surface area contributed by atoms with Crippen molar-refractivity contribution in [1.29, 1.82) is 0 Å². The molecule has 0 radical (unpaired) electrons. The fourth-order valence-electron chi connectivity index (χ4n) is 4.16. The minimum absolute atomic E-state index is 0.262. The molecule has 4 rings (SSSR count). The van der Waals surface area contributed by atoms with Crippen LogP contribution in [0.5, 0.6) is 0 Å². The van der Waals surface area contributed by atoms with Crippen molar-refractivity contribution in [2.45, 2.75) is 96.3 Å². The predicted molar refractivity (Wildman–Crippen MR) is 92.3 cm³/mol. The van der Waals surface area contributed by atoms with Crippen LogP contribution in [0, 0.1) is 0 Å². The summed E-state index contributed by atoms with van der Waals surface area (Å²) in [4.78, 5) is 12.5. The van der Waals surface area contributed by atoms with Crippen LogP contribution in [0.3, 0.4) is 0 Å². The highest BCUT2D eigenvalue weighted by molar-refractivity contribution is 5.83. The number of hydrazone groups is 1. The van der Waals surface area contributed by atoms with E-state index in [4.69, 9.17) is 28.4 Å². The van der Waals surface area contributed by atoms with Crippen molar-refractivity contribution >= 4 is 11.8 Å². The topological polar surface area (TPSA) is 88.1 Å². The van der Waals surface area contributed by atoms with Gasteiger partial charge in [-0.15, -0.1) is 5.10 Å². The average Bonchev–Trinajstić information content (AvgIpc) is 3.24. The molecule has 1 spiro atoms. The van der Waals surface area contributed by atoms with E-state index in [0.717, 1.165) is 6.42 Å². The highest BCUT2D eigenvalue weighted by Gasteiger charge is 2.73. The molecule has 4 aliphatic rings. The number of hydrogen-bond acceptors (Lipinski definition) is 8. The number of carbonyl (C=O) groups is 1. The smallest absolute Gasteiger partial charge is 0.266 e. The molecule has 0 aromatic heterocycles. The van der Waals surface area contributed by atoms with Crippen LogP contribution in [0.15, 0.2) is 5.10 Å². The lowest BCUT2D eigenvalue weighted by molar-refractivity contribution is -0.262. The summed E-state index contributed by atoms with van der Waals surface area (Å²) in [6.45, 7) is 11.1. The average molecular weight is 384 g/mol. The van der Waals surface area contributed by atoms with Crippen molar-refractivity contribution in [3.05, 3.63) is 0 Å². The fourth-order valence-corrected chi connectivity index (χ4v) is 4.16. The normalized spacial score (nSPS) is 41.7. The molecule has 3 fully saturated rings. The molecule has 4 heterocycles. The first kappa shape index (κ1) is 19.1. The number of hydrogen-bond donors (Lipinski definition) is 0. The third-order valence-electron chi connectivity index (χ3n) is 5.11. The van der Waals surface area contributed by atoms with E-state index >= 15 is 0 Å². The maximum absolute atomic E-state index is 12.5. The highest BCUT2D eigenvalue weighted by Crippen LogP contribution is 2.51. The van der Waals surface area contributed by atoms with E-state index in [1.54, 1.807) is 13.8 Å². The molecule has 0 unspecified atom stereocenters. The Bertz CT molecular complexity index is 664. The first-order valence-electron chi connectivity index (χ1n) is 9.48. The Morgan fingerprint density at radius 3 is 2.48 bits per heavy atom. The molecule has 0 saturated carbocycles. The number of amides is 1. The first-order valence-corrected chi connectivity index (χ1v) is 9.48. The van der Waals surface area contributed by atoms with Crippen LogP contribution in [0.25, 0.3) is 0 Å². The molecule has 0 bridgehead atoms. The van der Waals surface area contributed by atoms with Gasteiger partial charge in [0.15, 0.2) is 30.1 Å². The Morgan fingerprint density at radius 2 is 1.89 bits per heavy atom. The molecule has 5 atom stereocenters. The Kier molecular flexibility index (Phi) is 4.32. The third-order valence-corrected chi connectivity index (χ3v) is 5.11. The number of nitrogens with zero attached hydrogens (tertiary/aromatic N) is 2. The van der Waals surface area contributed by atoms with Crippen LogP contribution in [0.4, 0.5) is 0 Å². The molecule has 9 heteroatoms. The molecule has 9 nitrogen and oxygen atoms in total. The number of rotatable bonds is 3. The molecule has 0 aromatic carbocycles. The molecular weight excluding hydrogens is 356 g/mol. The molecule has 1 amide bonds. The Hall–Kier alpha value is -1.26. The Morgan fingerprint density at radius 1 is 1.15 bits per heavy atom. The lowest BCUT2D eigenvalue weighted by Gasteiger charge is -2.39. The second kappa shape index (κ2) is 6.12. The van der Waals surface area contributed by atoms with Crippen molar-refractivity contribution in [3.8, 4) is 0 Å². The van der Waals surface area contributed by atoms with Gasteiger partial charge in [-0.3, -0.25) is 4.79 Å². The lowest BCUT2D eigenvalue weighted by atomic mass is 9.97. The molecule has 3 saturated heterocycles. The van der Waals surface area contributed by atoms with Gasteiger partial charge in [0.2, 0.25) is 11.8 Å². The summed E-state index contributed by atoms with van der Waals surface area (Å²) in [7, 11) is 0. The van der Waals surface area contributed by atoms with Crippen LogP contribution < -0.4 is 0 Å². The second-order valence-corrected chi connectivity index (χ2v) is 8.28. The van der Waals surface area contributed by atoms with Gasteiger partial charge in [-0.1, -0.05) is 6.92 Å². The van der Waals surface area contributed by atoms with Crippen LogP contribution in [-0.4, -0.2) is 65.3 Å². The summed E-state index contributed by atoms with van der Waals surface area (Å²) in [5, 5.41) is 5.79. The number of ether oxygens (including phenoxy) is 6. The van der Waals surface area contributed by atoms with Crippen molar-refractivity contribution in [1.82, 2.24) is 5.01 Å². The van der Waals surface area contributed by atoms with Gasteiger partial charge in [0.05, 0.1) is 6.61 Å². The van der Waals surface area contributed by atoms with Gasteiger partial charge in [0.1, 0.15) is 6.10 Å². The zero-order valence-corrected chi connectivity index (χ0v) is 16.7. The van der Waals surface area contributed by atoms with Gasteiger partial charge in [-0.25, -0.2) is 0 Å². The van der Waals surface area contributed by atoms with Crippen LogP contribution >= 0.6 is 0 Å². The van der Waals surface area contributed by atoms with E-state index in [1.807, 2.05) is 20.8 Å². The van der Waals surface area contributed by atoms with E-state index in [0.29, 0.717) is 18.9 Å². The third kappa shape index (κ3) is 2.96. The van der Waals surface area contributed by atoms with Gasteiger partial charge in [-0.05, 0) is 34.1 Å². The predicted octanol–water partition coefficient (Wildman–Crippen LogP) is 1.70. The van der Waals surface area contributed by atoms with E-state index in [-0.39, 0.29) is 5.91 Å². The summed E-state index contributed by atoms with van der Waals surface area (Å²) >= 11 is 0. The van der Waals surface area contributed by atoms with Crippen LogP contribution in [-0.2, 0) is 33.2 Å². The molecule has 27 heavy (non-hydrogen) atoms. The Labute approximate surface area is 158 Å². The van der Waals surface area contributed by atoms with Gasteiger partial charge in [0.25, 0.3) is 5.72 Å². The largest absolute Gasteiger partial charge is 0.445 e. The van der Waals surface area contributed by atoms with E-state index in [9.17, 15) is 4.79 Å². The van der Waals surface area contributed by atoms with Gasteiger partial charge >= 0.3 is 0 Å². The fraction of sp³-hybridized carbons (Fsp3) is 0.889. The summed E-state index contributed by atoms with van der Waals surface area (Å²) in [6, 6.07) is 0. The summed E-state index contributed by atoms with van der Waals surface area (Å²) in [6.07, 6.45) is -1.06. The quantitative estimate of drug-likeness (QED) is 0.732. The van der Waals surface area contributed by atoms with Crippen molar-refractivity contribution < 1.29 is 33.2 Å². The van der Waals surface area contributed by atoms with Crippen molar-refractivity contribution in [2.75, 3.05) is 6.61 Å². The van der Waals surface area contributed by atoms with E-state index < -0.39 is 41.9 Å². The van der Waals surface area contributed by atoms with Crippen molar-refractivity contribution in [3.63, 3.8) is 0 Å². The minimum Gasteiger partial charge on any atom is -0.445 e. The number of carbonyl (C=O) groups excluding carboxylic acids is 1. The molecule has 0 aliphatic carbocycles. The first-order chi connectivity index (χ1) is 12.6. The maximum atomic E-state index is 12.5. The standard InChI is InChI=1S/C18H28N2O7/c1-7-8-12-19-20(10(2)21)18(25-12)13(11-9-22-16(3,4)24-11)23-15-14(18)26-17(5,6)27-15/h11,13-15H,7-9H2,1-6H3/t11-,13-,14+,15-,18-/m1/s1. The minimum atomic E-state index is -1.29. The van der Waals surface area contributed by atoms with Gasteiger partial charge in [0, 0.05) is 13.3 Å². The highest BCUT2D eigenvalue weighted by atomic mass is 16.9. The van der Waals surface area contributed by atoms with E-state index in [1.165, 1.54) is 11.9 Å². The van der Waals surface area contributed by atoms with Gasteiger partial charge < -0.3 is 28.4 Å². The molecule has 0 N–H and O–H groups in total. The van der Waals surface area contributed by atoms with E-state index in [2.05, 4.69) is 5.10 Å². The SMILES string of the molecule is CCCC1=NN(C(C)=O)[C@@]2(O1)[C@@H]([C@H]1COC(C)(C)O1)O[C@@H]1OC(C)(C)O[C@@H]12. The molecular formula is C18H28N2O7. The van der Waals surface area contributed by atoms with Crippen LogP contribution in [0.1, 0.15) is 54.4 Å². The summed E-state index contributed by atoms with van der Waals surface area (Å²) in [5.41, 5.74) is -1.29. The van der Waals surface area contributed by atoms with Gasteiger partial charge in [-0.2, -0.15) is 5.01 Å². The molecule has 4 aliphatic heterocycles. The lowest BCUT2D eigenvalue weighted by Crippen LogP contribution is -2.63.